The van der Waals surface area contributed by atoms with Gasteiger partial charge in [0.1, 0.15) is 18.2 Å². The van der Waals surface area contributed by atoms with Crippen LogP contribution in [0, 0.1) is 10.1 Å². The Morgan fingerprint density at radius 3 is 2.56 bits per heavy atom. The van der Waals surface area contributed by atoms with E-state index in [0.29, 0.717) is 34.6 Å². The molecule has 182 valence electrons. The van der Waals surface area contributed by atoms with Crippen molar-refractivity contribution in [3.8, 4) is 5.75 Å². The summed E-state index contributed by atoms with van der Waals surface area (Å²) < 4.78 is 7.34. The largest absolute Gasteiger partial charge is 0.488 e. The molecular weight excluding hydrogens is 456 g/mol. The molecule has 1 saturated carbocycles. The molecule has 0 atom stereocenters. The van der Waals surface area contributed by atoms with Crippen molar-refractivity contribution in [3.05, 3.63) is 110 Å². The van der Waals surface area contributed by atoms with Crippen molar-refractivity contribution in [2.24, 2.45) is 5.10 Å². The summed E-state index contributed by atoms with van der Waals surface area (Å²) in [6, 6.07) is 21.3. The zero-order valence-corrected chi connectivity index (χ0v) is 19.7. The summed E-state index contributed by atoms with van der Waals surface area (Å²) in [6.07, 6.45) is 6.69. The summed E-state index contributed by atoms with van der Waals surface area (Å²) in [7, 11) is 0. The zero-order chi connectivity index (χ0) is 24.9. The van der Waals surface area contributed by atoms with Gasteiger partial charge in [-0.25, -0.2) is 4.98 Å². The van der Waals surface area contributed by atoms with Crippen LogP contribution >= 0.6 is 0 Å². The molecule has 3 aromatic carbocycles. The van der Waals surface area contributed by atoms with Crippen molar-refractivity contribution >= 4 is 22.8 Å². The maximum absolute atomic E-state index is 13.5. The highest BCUT2D eigenvalue weighted by molar-refractivity contribution is 5.85. The minimum Gasteiger partial charge on any atom is -0.488 e. The van der Waals surface area contributed by atoms with E-state index in [2.05, 4.69) is 5.10 Å². The maximum atomic E-state index is 13.5. The number of para-hydroxylation sites is 1. The SMILES string of the molecule is O=c1c2ccccc2nc(C2CCCCC2)n1N=Cc1cc([N+](=O)[O-])ccc1OCc1ccccc1. The van der Waals surface area contributed by atoms with Gasteiger partial charge in [-0.15, -0.1) is 0 Å². The predicted octanol–water partition coefficient (Wildman–Crippen LogP) is 5.81. The number of aromatic nitrogens is 2. The van der Waals surface area contributed by atoms with Gasteiger partial charge in [-0.3, -0.25) is 14.9 Å². The number of hydrogen-bond acceptors (Lipinski definition) is 6. The fourth-order valence-corrected chi connectivity index (χ4v) is 4.61. The van der Waals surface area contributed by atoms with Crippen LogP contribution < -0.4 is 10.3 Å². The van der Waals surface area contributed by atoms with Gasteiger partial charge in [-0.2, -0.15) is 9.78 Å². The molecule has 0 amide bonds. The molecule has 1 fully saturated rings. The van der Waals surface area contributed by atoms with E-state index in [4.69, 9.17) is 9.72 Å². The van der Waals surface area contributed by atoms with Gasteiger partial charge < -0.3 is 4.74 Å². The van der Waals surface area contributed by atoms with Gasteiger partial charge in [0.05, 0.1) is 22.0 Å². The van der Waals surface area contributed by atoms with Crippen molar-refractivity contribution in [1.29, 1.82) is 0 Å². The van der Waals surface area contributed by atoms with E-state index in [1.807, 2.05) is 42.5 Å². The summed E-state index contributed by atoms with van der Waals surface area (Å²) in [5.74, 6) is 1.20. The Morgan fingerprint density at radius 1 is 1.03 bits per heavy atom. The number of nitrogens with zero attached hydrogens (tertiary/aromatic N) is 4. The second kappa shape index (κ2) is 10.5. The average molecular weight is 483 g/mol. The molecule has 0 N–H and O–H groups in total. The third-order valence-electron chi connectivity index (χ3n) is 6.50. The third-order valence-corrected chi connectivity index (χ3v) is 6.50. The minimum atomic E-state index is -0.463. The van der Waals surface area contributed by atoms with Gasteiger partial charge >= 0.3 is 0 Å². The molecule has 0 saturated heterocycles. The molecule has 0 bridgehead atoms. The Kier molecular flexibility index (Phi) is 6.84. The zero-order valence-electron chi connectivity index (χ0n) is 19.7. The molecule has 5 rings (SSSR count). The summed E-state index contributed by atoms with van der Waals surface area (Å²) in [4.78, 5) is 29.3. The first-order valence-electron chi connectivity index (χ1n) is 12.1. The average Bonchev–Trinajstić information content (AvgIpc) is 2.92. The van der Waals surface area contributed by atoms with Crippen molar-refractivity contribution in [1.82, 2.24) is 9.66 Å². The molecule has 8 nitrogen and oxygen atoms in total. The van der Waals surface area contributed by atoms with Crippen LogP contribution in [0.3, 0.4) is 0 Å². The van der Waals surface area contributed by atoms with Crippen LogP contribution in [0.4, 0.5) is 5.69 Å². The molecule has 0 spiro atoms. The molecule has 0 aliphatic heterocycles. The van der Waals surface area contributed by atoms with Crippen molar-refractivity contribution in [3.63, 3.8) is 0 Å². The van der Waals surface area contributed by atoms with Crippen LogP contribution in [-0.4, -0.2) is 20.8 Å². The summed E-state index contributed by atoms with van der Waals surface area (Å²) in [6.45, 7) is 0.296. The van der Waals surface area contributed by atoms with Gasteiger partial charge in [-0.05, 0) is 36.6 Å². The van der Waals surface area contributed by atoms with E-state index in [-0.39, 0.29) is 17.2 Å². The molecule has 1 aliphatic rings. The van der Waals surface area contributed by atoms with Crippen molar-refractivity contribution in [2.45, 2.75) is 44.6 Å². The Morgan fingerprint density at radius 2 is 1.78 bits per heavy atom. The fourth-order valence-electron chi connectivity index (χ4n) is 4.61. The number of ether oxygens (including phenoxy) is 1. The summed E-state index contributed by atoms with van der Waals surface area (Å²) >= 11 is 0. The minimum absolute atomic E-state index is 0.0833. The molecule has 36 heavy (non-hydrogen) atoms. The van der Waals surface area contributed by atoms with Crippen LogP contribution in [0.1, 0.15) is 55.0 Å². The second-order valence-electron chi connectivity index (χ2n) is 8.94. The van der Waals surface area contributed by atoms with E-state index < -0.39 is 4.92 Å². The number of nitro groups is 1. The summed E-state index contributed by atoms with van der Waals surface area (Å²) in [5.41, 5.74) is 1.69. The van der Waals surface area contributed by atoms with Gasteiger partial charge in [-0.1, -0.05) is 61.7 Å². The number of benzene rings is 3. The molecule has 8 heteroatoms. The van der Waals surface area contributed by atoms with Crippen molar-refractivity contribution < 1.29 is 9.66 Å². The standard InChI is InChI=1S/C28H26N4O4/c33-28-24-13-7-8-14-25(24)30-27(21-11-5-2-6-12-21)31(28)29-18-22-17-23(32(34)35)15-16-26(22)36-19-20-9-3-1-4-10-20/h1,3-4,7-10,13-18,21H,2,5-6,11-12,19H2. The Labute approximate surface area is 208 Å². The van der Waals surface area contributed by atoms with Crippen LogP contribution in [-0.2, 0) is 6.61 Å². The molecular formula is C28H26N4O4. The Bertz CT molecular complexity index is 1470. The van der Waals surface area contributed by atoms with Gasteiger partial charge in [0.25, 0.3) is 11.2 Å². The molecule has 0 unspecified atom stereocenters. The maximum Gasteiger partial charge on any atom is 0.282 e. The van der Waals surface area contributed by atoms with E-state index in [1.54, 1.807) is 18.2 Å². The highest BCUT2D eigenvalue weighted by atomic mass is 16.6. The molecule has 0 radical (unpaired) electrons. The first kappa shape index (κ1) is 23.4. The fraction of sp³-hybridized carbons (Fsp3) is 0.250. The van der Waals surface area contributed by atoms with Crippen LogP contribution in [0.15, 0.2) is 82.7 Å². The lowest BCUT2D eigenvalue weighted by molar-refractivity contribution is -0.384. The lowest BCUT2D eigenvalue weighted by Crippen LogP contribution is -2.25. The normalized spacial score (nSPS) is 14.3. The van der Waals surface area contributed by atoms with E-state index >= 15 is 0 Å². The highest BCUT2D eigenvalue weighted by Gasteiger charge is 2.22. The number of fused-ring (bicyclic) bond motifs is 1. The molecule has 1 heterocycles. The van der Waals surface area contributed by atoms with Crippen molar-refractivity contribution in [2.75, 3.05) is 0 Å². The first-order valence-corrected chi connectivity index (χ1v) is 12.1. The highest BCUT2D eigenvalue weighted by Crippen LogP contribution is 2.32. The lowest BCUT2D eigenvalue weighted by Gasteiger charge is -2.22. The summed E-state index contributed by atoms with van der Waals surface area (Å²) in [5, 5.41) is 16.4. The quantitative estimate of drug-likeness (QED) is 0.188. The van der Waals surface area contributed by atoms with E-state index in [0.717, 1.165) is 31.2 Å². The van der Waals surface area contributed by atoms with Crippen LogP contribution in [0.2, 0.25) is 0 Å². The number of hydrogen-bond donors (Lipinski definition) is 0. The van der Waals surface area contributed by atoms with E-state index in [9.17, 15) is 14.9 Å². The third kappa shape index (κ3) is 5.02. The van der Waals surface area contributed by atoms with Gasteiger partial charge in [0.2, 0.25) is 0 Å². The predicted molar refractivity (Wildman–Crippen MR) is 139 cm³/mol. The first-order chi connectivity index (χ1) is 17.6. The van der Waals surface area contributed by atoms with Crippen LogP contribution in [0.5, 0.6) is 5.75 Å². The Balaban J connectivity index is 1.56. The molecule has 1 aliphatic carbocycles. The van der Waals surface area contributed by atoms with Crippen LogP contribution in [0.25, 0.3) is 10.9 Å². The molecule has 4 aromatic rings. The monoisotopic (exact) mass is 482 g/mol. The van der Waals surface area contributed by atoms with Gasteiger partial charge in [0.15, 0.2) is 0 Å². The Hall–Kier alpha value is -4.33. The second-order valence-corrected chi connectivity index (χ2v) is 8.94. The van der Waals surface area contributed by atoms with E-state index in [1.165, 1.54) is 29.4 Å². The number of rotatable bonds is 7. The van der Waals surface area contributed by atoms with Gasteiger partial charge in [0, 0.05) is 23.6 Å². The topological polar surface area (TPSA) is 99.6 Å². The lowest BCUT2D eigenvalue weighted by atomic mass is 9.88. The number of nitro benzene ring substituents is 1. The smallest absolute Gasteiger partial charge is 0.282 e. The number of non-ortho nitro benzene ring substituents is 1. The molecule has 1 aromatic heterocycles.